The van der Waals surface area contributed by atoms with Crippen LogP contribution in [0.3, 0.4) is 0 Å². The first-order valence-corrected chi connectivity index (χ1v) is 7.96. The second-order valence-corrected chi connectivity index (χ2v) is 5.97. The maximum absolute atomic E-state index is 12.5. The molecule has 2 aromatic rings. The van der Waals surface area contributed by atoms with Gasteiger partial charge in [-0.2, -0.15) is 5.26 Å². The first kappa shape index (κ1) is 16.1. The zero-order chi connectivity index (χ0) is 15.9. The van der Waals surface area contributed by atoms with Gasteiger partial charge in [-0.15, -0.1) is 0 Å². The van der Waals surface area contributed by atoms with Crippen LogP contribution in [0.1, 0.15) is 19.4 Å². The number of benzene rings is 1. The lowest BCUT2D eigenvalue weighted by Crippen LogP contribution is -2.38. The van der Waals surface area contributed by atoms with Crippen molar-refractivity contribution in [2.45, 2.75) is 24.9 Å². The lowest BCUT2D eigenvalue weighted by Gasteiger charge is -2.26. The number of anilines is 1. The van der Waals surface area contributed by atoms with Gasteiger partial charge in [-0.05, 0) is 38.1 Å². The molecule has 4 nitrogen and oxygen atoms in total. The highest BCUT2D eigenvalue weighted by atomic mass is 32.2. The van der Waals surface area contributed by atoms with E-state index in [1.54, 1.807) is 23.2 Å². The molecule has 0 saturated heterocycles. The van der Waals surface area contributed by atoms with Crippen molar-refractivity contribution < 1.29 is 4.79 Å². The number of amides is 1. The van der Waals surface area contributed by atoms with E-state index in [2.05, 4.69) is 11.1 Å². The molecule has 0 aliphatic heterocycles. The Morgan fingerprint density at radius 3 is 2.68 bits per heavy atom. The molecular formula is C17H17N3OS. The quantitative estimate of drug-likeness (QED) is 0.793. The molecule has 0 N–H and O–H groups in total. The zero-order valence-corrected chi connectivity index (χ0v) is 13.4. The van der Waals surface area contributed by atoms with Gasteiger partial charge >= 0.3 is 0 Å². The number of rotatable bonds is 5. The van der Waals surface area contributed by atoms with Crippen LogP contribution >= 0.6 is 11.8 Å². The summed E-state index contributed by atoms with van der Waals surface area (Å²) in [6, 6.07) is 15.1. The predicted molar refractivity (Wildman–Crippen MR) is 88.7 cm³/mol. The molecule has 0 saturated carbocycles. The fourth-order valence-corrected chi connectivity index (χ4v) is 2.84. The number of carbonyl (C=O) groups excluding carboxylic acids is 1. The van der Waals surface area contributed by atoms with E-state index >= 15 is 0 Å². The lowest BCUT2D eigenvalue weighted by molar-refractivity contribution is -0.116. The van der Waals surface area contributed by atoms with Crippen molar-refractivity contribution in [2.75, 3.05) is 10.7 Å². The van der Waals surface area contributed by atoms with Crippen LogP contribution < -0.4 is 4.90 Å². The molecule has 0 unspecified atom stereocenters. The fraction of sp³-hybridized carbons (Fsp3) is 0.235. The Morgan fingerprint density at radius 1 is 1.32 bits per heavy atom. The van der Waals surface area contributed by atoms with Crippen LogP contribution in [0.15, 0.2) is 53.7 Å². The molecule has 2 rings (SSSR count). The van der Waals surface area contributed by atoms with Gasteiger partial charge in [-0.1, -0.05) is 30.0 Å². The highest BCUT2D eigenvalue weighted by Crippen LogP contribution is 2.21. The number of para-hydroxylation sites is 1. The Kier molecular flexibility index (Phi) is 5.56. The number of hydrogen-bond acceptors (Lipinski definition) is 4. The third kappa shape index (κ3) is 4.09. The summed E-state index contributed by atoms with van der Waals surface area (Å²) in [7, 11) is 0. The van der Waals surface area contributed by atoms with E-state index in [1.807, 2.05) is 44.2 Å². The van der Waals surface area contributed by atoms with Crippen LogP contribution in [0.4, 0.5) is 5.69 Å². The Bertz CT molecular complexity index is 680. The van der Waals surface area contributed by atoms with Crippen molar-refractivity contribution in [2.24, 2.45) is 0 Å². The topological polar surface area (TPSA) is 57.0 Å². The largest absolute Gasteiger partial charge is 0.309 e. The fourth-order valence-electron chi connectivity index (χ4n) is 2.08. The van der Waals surface area contributed by atoms with Crippen molar-refractivity contribution in [1.82, 2.24) is 4.98 Å². The summed E-state index contributed by atoms with van der Waals surface area (Å²) in [4.78, 5) is 18.5. The van der Waals surface area contributed by atoms with Crippen molar-refractivity contribution in [3.05, 3.63) is 54.2 Å². The highest BCUT2D eigenvalue weighted by Gasteiger charge is 2.19. The van der Waals surface area contributed by atoms with Crippen molar-refractivity contribution in [1.29, 1.82) is 5.26 Å². The summed E-state index contributed by atoms with van der Waals surface area (Å²) in [6.07, 6.45) is 1.59. The van der Waals surface area contributed by atoms with E-state index in [4.69, 9.17) is 5.26 Å². The molecule has 0 atom stereocenters. The van der Waals surface area contributed by atoms with Crippen LogP contribution in [0, 0.1) is 11.3 Å². The summed E-state index contributed by atoms with van der Waals surface area (Å²) >= 11 is 1.35. The second kappa shape index (κ2) is 7.62. The van der Waals surface area contributed by atoms with Gasteiger partial charge in [0.25, 0.3) is 0 Å². The normalized spacial score (nSPS) is 10.3. The van der Waals surface area contributed by atoms with E-state index < -0.39 is 0 Å². The lowest BCUT2D eigenvalue weighted by atomic mass is 10.2. The molecule has 112 valence electrons. The molecule has 1 aromatic carbocycles. The number of carbonyl (C=O) groups is 1. The number of pyridine rings is 1. The third-order valence-corrected chi connectivity index (χ3v) is 3.94. The standard InChI is InChI=1S/C17H17N3OS/c1-13(2)20(15-6-4-3-5-7-15)17(21)12-22-16-10-14(11-18)8-9-19-16/h3-10,13H,12H2,1-2H3. The Hall–Kier alpha value is -2.32. The molecular weight excluding hydrogens is 294 g/mol. The van der Waals surface area contributed by atoms with Gasteiger partial charge in [0.05, 0.1) is 22.4 Å². The number of thioether (sulfide) groups is 1. The molecule has 1 heterocycles. The van der Waals surface area contributed by atoms with Crippen molar-refractivity contribution in [3.8, 4) is 6.07 Å². The number of hydrogen-bond donors (Lipinski definition) is 0. The third-order valence-electron chi connectivity index (χ3n) is 3.03. The molecule has 0 radical (unpaired) electrons. The van der Waals surface area contributed by atoms with Crippen LogP contribution in [0.25, 0.3) is 0 Å². The van der Waals surface area contributed by atoms with Crippen LogP contribution in [0.5, 0.6) is 0 Å². The number of aromatic nitrogens is 1. The molecule has 0 spiro atoms. The van der Waals surface area contributed by atoms with E-state index in [0.29, 0.717) is 10.6 Å². The molecule has 0 aliphatic rings. The van der Waals surface area contributed by atoms with E-state index in [9.17, 15) is 4.79 Å². The average molecular weight is 311 g/mol. The zero-order valence-electron chi connectivity index (χ0n) is 12.6. The van der Waals surface area contributed by atoms with Gasteiger partial charge in [0.2, 0.25) is 5.91 Å². The Morgan fingerprint density at radius 2 is 2.05 bits per heavy atom. The SMILES string of the molecule is CC(C)N(C(=O)CSc1cc(C#N)ccn1)c1ccccc1. The molecule has 0 fully saturated rings. The maximum Gasteiger partial charge on any atom is 0.237 e. The average Bonchev–Trinajstić information content (AvgIpc) is 2.54. The number of nitrogens with zero attached hydrogens (tertiary/aromatic N) is 3. The summed E-state index contributed by atoms with van der Waals surface area (Å²) in [6.45, 7) is 3.98. The van der Waals surface area contributed by atoms with E-state index in [1.165, 1.54) is 11.8 Å². The van der Waals surface area contributed by atoms with Gasteiger partial charge in [0.15, 0.2) is 0 Å². The van der Waals surface area contributed by atoms with Gasteiger partial charge in [0.1, 0.15) is 0 Å². The molecule has 1 amide bonds. The van der Waals surface area contributed by atoms with Crippen LogP contribution in [0.2, 0.25) is 0 Å². The van der Waals surface area contributed by atoms with Gasteiger partial charge in [-0.3, -0.25) is 4.79 Å². The van der Waals surface area contributed by atoms with Crippen LogP contribution in [-0.4, -0.2) is 22.7 Å². The minimum atomic E-state index is 0.0235. The number of nitriles is 1. The summed E-state index contributed by atoms with van der Waals surface area (Å²) in [5.41, 5.74) is 1.44. The van der Waals surface area contributed by atoms with E-state index in [0.717, 1.165) is 5.69 Å². The minimum Gasteiger partial charge on any atom is -0.309 e. The predicted octanol–water partition coefficient (Wildman–Crippen LogP) is 3.49. The molecule has 0 bridgehead atoms. The van der Waals surface area contributed by atoms with Gasteiger partial charge in [0, 0.05) is 17.9 Å². The first-order valence-electron chi connectivity index (χ1n) is 6.98. The smallest absolute Gasteiger partial charge is 0.237 e. The molecule has 0 aliphatic carbocycles. The van der Waals surface area contributed by atoms with Crippen molar-refractivity contribution >= 4 is 23.4 Å². The highest BCUT2D eigenvalue weighted by molar-refractivity contribution is 7.99. The second-order valence-electron chi connectivity index (χ2n) is 4.98. The van der Waals surface area contributed by atoms with Gasteiger partial charge in [-0.25, -0.2) is 4.98 Å². The monoisotopic (exact) mass is 311 g/mol. The van der Waals surface area contributed by atoms with Gasteiger partial charge < -0.3 is 4.90 Å². The molecule has 1 aromatic heterocycles. The van der Waals surface area contributed by atoms with Crippen molar-refractivity contribution in [3.63, 3.8) is 0 Å². The molecule has 5 heteroatoms. The summed E-state index contributed by atoms with van der Waals surface area (Å²) in [5.74, 6) is 0.310. The van der Waals surface area contributed by atoms with Crippen LogP contribution in [-0.2, 0) is 4.79 Å². The minimum absolute atomic E-state index is 0.0235. The Balaban J connectivity index is 2.08. The summed E-state index contributed by atoms with van der Waals surface area (Å²) in [5, 5.41) is 9.57. The first-order chi connectivity index (χ1) is 10.6. The molecule has 22 heavy (non-hydrogen) atoms. The van der Waals surface area contributed by atoms with E-state index in [-0.39, 0.29) is 17.7 Å². The Labute approximate surface area is 134 Å². The summed E-state index contributed by atoms with van der Waals surface area (Å²) < 4.78 is 0. The maximum atomic E-state index is 12.5.